The standard InChI is InChI=1S/C25H28N4O/c1-2-3-6-19-7-13-22(14-8-19)28-25(30)21-11-9-20(10-12-21)23-17-24(27-18-26-23)29-15-4-5-16-29/h7-14,17-18H,2-6,15-16H2,1H3,(H,28,30). The van der Waals surface area contributed by atoms with E-state index in [1.807, 2.05) is 42.5 Å². The van der Waals surface area contributed by atoms with Gasteiger partial charge in [0.05, 0.1) is 5.69 Å². The van der Waals surface area contributed by atoms with Gasteiger partial charge in [0, 0.05) is 36.0 Å². The van der Waals surface area contributed by atoms with Crippen LogP contribution in [0.2, 0.25) is 0 Å². The van der Waals surface area contributed by atoms with Gasteiger partial charge in [0.25, 0.3) is 5.91 Å². The van der Waals surface area contributed by atoms with Crippen molar-refractivity contribution in [2.75, 3.05) is 23.3 Å². The Kier molecular flexibility index (Phi) is 6.38. The van der Waals surface area contributed by atoms with Gasteiger partial charge < -0.3 is 10.2 Å². The van der Waals surface area contributed by atoms with Gasteiger partial charge in [-0.3, -0.25) is 4.79 Å². The highest BCUT2D eigenvalue weighted by atomic mass is 16.1. The summed E-state index contributed by atoms with van der Waals surface area (Å²) in [5.74, 6) is 0.866. The van der Waals surface area contributed by atoms with E-state index in [0.717, 1.165) is 42.3 Å². The van der Waals surface area contributed by atoms with Crippen molar-refractivity contribution in [1.29, 1.82) is 0 Å². The topological polar surface area (TPSA) is 58.1 Å². The minimum absolute atomic E-state index is 0.108. The molecule has 1 aliphatic heterocycles. The predicted octanol–water partition coefficient (Wildman–Crippen LogP) is 5.34. The van der Waals surface area contributed by atoms with Crippen molar-refractivity contribution >= 4 is 17.4 Å². The van der Waals surface area contributed by atoms with Crippen molar-refractivity contribution in [3.63, 3.8) is 0 Å². The van der Waals surface area contributed by atoms with E-state index in [-0.39, 0.29) is 5.91 Å². The zero-order chi connectivity index (χ0) is 20.8. The molecule has 0 spiro atoms. The molecule has 0 saturated carbocycles. The van der Waals surface area contributed by atoms with Gasteiger partial charge in [0.15, 0.2) is 0 Å². The van der Waals surface area contributed by atoms with Crippen LogP contribution in [0.4, 0.5) is 11.5 Å². The Hall–Kier alpha value is -3.21. The minimum atomic E-state index is -0.108. The van der Waals surface area contributed by atoms with Crippen molar-refractivity contribution < 1.29 is 4.79 Å². The largest absolute Gasteiger partial charge is 0.357 e. The second kappa shape index (κ2) is 9.53. The molecule has 154 valence electrons. The Balaban J connectivity index is 1.42. The van der Waals surface area contributed by atoms with Gasteiger partial charge in [-0.1, -0.05) is 37.6 Å². The second-order valence-electron chi connectivity index (χ2n) is 7.79. The first-order valence-corrected chi connectivity index (χ1v) is 10.8. The van der Waals surface area contributed by atoms with E-state index in [1.54, 1.807) is 6.33 Å². The summed E-state index contributed by atoms with van der Waals surface area (Å²) >= 11 is 0. The summed E-state index contributed by atoms with van der Waals surface area (Å²) in [5.41, 5.74) is 4.60. The molecule has 1 amide bonds. The molecule has 1 aliphatic rings. The zero-order valence-corrected chi connectivity index (χ0v) is 17.5. The predicted molar refractivity (Wildman–Crippen MR) is 122 cm³/mol. The maximum absolute atomic E-state index is 12.6. The quantitative estimate of drug-likeness (QED) is 0.582. The van der Waals surface area contributed by atoms with Crippen molar-refractivity contribution in [3.8, 4) is 11.3 Å². The number of carbonyl (C=O) groups is 1. The molecule has 2 heterocycles. The number of nitrogens with one attached hydrogen (secondary N) is 1. The molecule has 5 nitrogen and oxygen atoms in total. The third-order valence-corrected chi connectivity index (χ3v) is 5.56. The van der Waals surface area contributed by atoms with Crippen LogP contribution in [0.25, 0.3) is 11.3 Å². The highest BCUT2D eigenvalue weighted by molar-refractivity contribution is 6.04. The van der Waals surface area contributed by atoms with Crippen LogP contribution in [-0.4, -0.2) is 29.0 Å². The number of carbonyl (C=O) groups excluding carboxylic acids is 1. The summed E-state index contributed by atoms with van der Waals surface area (Å²) in [4.78, 5) is 23.7. The summed E-state index contributed by atoms with van der Waals surface area (Å²) in [6.45, 7) is 4.29. The third kappa shape index (κ3) is 4.85. The summed E-state index contributed by atoms with van der Waals surface area (Å²) in [5, 5.41) is 2.98. The molecule has 2 aromatic carbocycles. The lowest BCUT2D eigenvalue weighted by Gasteiger charge is -2.16. The van der Waals surface area contributed by atoms with Crippen molar-refractivity contribution in [3.05, 3.63) is 72.1 Å². The number of unbranched alkanes of at least 4 members (excludes halogenated alkanes) is 1. The number of rotatable bonds is 7. The first kappa shape index (κ1) is 20.1. The zero-order valence-electron chi connectivity index (χ0n) is 17.5. The number of amides is 1. The fourth-order valence-electron chi connectivity index (χ4n) is 3.76. The normalized spacial score (nSPS) is 13.4. The Labute approximate surface area is 178 Å². The number of anilines is 2. The molecule has 0 unspecified atom stereocenters. The molecule has 0 radical (unpaired) electrons. The van der Waals surface area contributed by atoms with E-state index in [9.17, 15) is 4.79 Å². The molecular formula is C25H28N4O. The van der Waals surface area contributed by atoms with E-state index < -0.39 is 0 Å². The molecule has 30 heavy (non-hydrogen) atoms. The van der Waals surface area contributed by atoms with Crippen molar-refractivity contribution in [1.82, 2.24) is 9.97 Å². The summed E-state index contributed by atoms with van der Waals surface area (Å²) < 4.78 is 0. The van der Waals surface area contributed by atoms with Crippen LogP contribution in [-0.2, 0) is 6.42 Å². The highest BCUT2D eigenvalue weighted by Crippen LogP contribution is 2.24. The maximum atomic E-state index is 12.6. The molecule has 5 heteroatoms. The van der Waals surface area contributed by atoms with Gasteiger partial charge in [-0.25, -0.2) is 9.97 Å². The van der Waals surface area contributed by atoms with Crippen LogP contribution in [0.3, 0.4) is 0 Å². The molecule has 4 rings (SSSR count). The second-order valence-corrected chi connectivity index (χ2v) is 7.79. The summed E-state index contributed by atoms with van der Waals surface area (Å²) in [6, 6.07) is 17.7. The molecule has 0 aliphatic carbocycles. The number of aromatic nitrogens is 2. The molecule has 1 N–H and O–H groups in total. The van der Waals surface area contributed by atoms with Gasteiger partial charge in [-0.2, -0.15) is 0 Å². The number of aryl methyl sites for hydroxylation is 1. The molecule has 1 saturated heterocycles. The molecular weight excluding hydrogens is 372 g/mol. The lowest BCUT2D eigenvalue weighted by molar-refractivity contribution is 0.102. The number of hydrogen-bond acceptors (Lipinski definition) is 4. The Morgan fingerprint density at radius 3 is 2.43 bits per heavy atom. The van der Waals surface area contributed by atoms with Crippen LogP contribution in [0.1, 0.15) is 48.5 Å². The first-order chi connectivity index (χ1) is 14.7. The highest BCUT2D eigenvalue weighted by Gasteiger charge is 2.14. The Morgan fingerprint density at radius 2 is 1.73 bits per heavy atom. The fourth-order valence-corrected chi connectivity index (χ4v) is 3.76. The summed E-state index contributed by atoms with van der Waals surface area (Å²) in [6.07, 6.45) is 7.49. The van der Waals surface area contributed by atoms with Crippen LogP contribution < -0.4 is 10.2 Å². The number of benzene rings is 2. The van der Waals surface area contributed by atoms with E-state index in [4.69, 9.17) is 0 Å². The van der Waals surface area contributed by atoms with Crippen LogP contribution in [0, 0.1) is 0 Å². The molecule has 1 aromatic heterocycles. The van der Waals surface area contributed by atoms with E-state index >= 15 is 0 Å². The molecule has 0 bridgehead atoms. The van der Waals surface area contributed by atoms with E-state index in [1.165, 1.54) is 31.2 Å². The maximum Gasteiger partial charge on any atom is 0.255 e. The summed E-state index contributed by atoms with van der Waals surface area (Å²) in [7, 11) is 0. The van der Waals surface area contributed by atoms with Crippen LogP contribution in [0.5, 0.6) is 0 Å². The van der Waals surface area contributed by atoms with Gasteiger partial charge in [0.1, 0.15) is 12.1 Å². The van der Waals surface area contributed by atoms with E-state index in [2.05, 4.69) is 39.2 Å². The van der Waals surface area contributed by atoms with Gasteiger partial charge in [-0.15, -0.1) is 0 Å². The van der Waals surface area contributed by atoms with Crippen molar-refractivity contribution in [2.45, 2.75) is 39.0 Å². The SMILES string of the molecule is CCCCc1ccc(NC(=O)c2ccc(-c3cc(N4CCCC4)ncn3)cc2)cc1. The fraction of sp³-hybridized carbons (Fsp3) is 0.320. The lowest BCUT2D eigenvalue weighted by atomic mass is 10.1. The molecule has 1 fully saturated rings. The average molecular weight is 401 g/mol. The monoisotopic (exact) mass is 400 g/mol. The van der Waals surface area contributed by atoms with Gasteiger partial charge in [0.2, 0.25) is 0 Å². The lowest BCUT2D eigenvalue weighted by Crippen LogP contribution is -2.19. The van der Waals surface area contributed by atoms with E-state index in [0.29, 0.717) is 5.56 Å². The van der Waals surface area contributed by atoms with Crippen molar-refractivity contribution in [2.24, 2.45) is 0 Å². The number of nitrogens with zero attached hydrogens (tertiary/aromatic N) is 3. The average Bonchev–Trinajstić information content (AvgIpc) is 3.34. The smallest absolute Gasteiger partial charge is 0.255 e. The first-order valence-electron chi connectivity index (χ1n) is 10.8. The molecule has 3 aromatic rings. The Bertz CT molecular complexity index is 977. The van der Waals surface area contributed by atoms with Crippen LogP contribution >= 0.6 is 0 Å². The number of hydrogen-bond donors (Lipinski definition) is 1. The third-order valence-electron chi connectivity index (χ3n) is 5.56. The van der Waals surface area contributed by atoms with Gasteiger partial charge >= 0.3 is 0 Å². The van der Waals surface area contributed by atoms with Gasteiger partial charge in [-0.05, 0) is 55.5 Å². The molecule has 0 atom stereocenters. The Morgan fingerprint density at radius 1 is 1.00 bits per heavy atom. The minimum Gasteiger partial charge on any atom is -0.357 e. The van der Waals surface area contributed by atoms with Crippen LogP contribution in [0.15, 0.2) is 60.9 Å².